The number of halogens is 3. The third-order valence-corrected chi connectivity index (χ3v) is 13.6. The summed E-state index contributed by atoms with van der Waals surface area (Å²) in [7, 11) is 1.53. The summed E-state index contributed by atoms with van der Waals surface area (Å²) in [6.07, 6.45) is -0.834. The van der Waals surface area contributed by atoms with E-state index in [0.717, 1.165) is 76.3 Å². The van der Waals surface area contributed by atoms with Crippen LogP contribution < -0.4 is 25.3 Å². The largest absolute Gasteiger partial charge is 0.417 e. The second kappa shape index (κ2) is 18.6. The van der Waals surface area contributed by atoms with Gasteiger partial charge in [-0.2, -0.15) is 18.4 Å². The maximum absolute atomic E-state index is 13.5. The fraction of sp³-hybridized carbons (Fsp3) is 0.500. The van der Waals surface area contributed by atoms with Crippen molar-refractivity contribution in [2.24, 2.45) is 17.8 Å². The molecule has 5 fully saturated rings. The summed E-state index contributed by atoms with van der Waals surface area (Å²) in [5.74, 6) is -0.272. The molecule has 338 valence electrons. The molecule has 1 aromatic heterocycles. The molecule has 2 aromatic carbocycles. The van der Waals surface area contributed by atoms with Gasteiger partial charge in [-0.1, -0.05) is 0 Å². The molecule has 6 heterocycles. The van der Waals surface area contributed by atoms with E-state index in [2.05, 4.69) is 42.1 Å². The van der Waals surface area contributed by atoms with Crippen LogP contribution in [0.25, 0.3) is 0 Å². The number of pyridine rings is 1. The van der Waals surface area contributed by atoms with Crippen molar-refractivity contribution in [1.29, 1.82) is 5.26 Å². The number of anilines is 4. The zero-order valence-corrected chi connectivity index (χ0v) is 36.0. The minimum Gasteiger partial charge on any atom is -0.371 e. The Morgan fingerprint density at radius 2 is 1.56 bits per heavy atom. The number of carbonyl (C=O) groups excluding carboxylic acids is 5. The summed E-state index contributed by atoms with van der Waals surface area (Å²) in [6, 6.07) is 14.0. The quantitative estimate of drug-likeness (QED) is 0.198. The normalized spacial score (nSPS) is 21.7. The molecule has 0 bridgehead atoms. The third kappa shape index (κ3) is 9.70. The van der Waals surface area contributed by atoms with E-state index in [9.17, 15) is 37.1 Å². The van der Waals surface area contributed by atoms with Crippen LogP contribution >= 0.6 is 0 Å². The van der Waals surface area contributed by atoms with Crippen LogP contribution in [0.4, 0.5) is 36.1 Å². The number of benzene rings is 2. The second-order valence-corrected chi connectivity index (χ2v) is 17.9. The molecule has 4 amide bonds. The van der Waals surface area contributed by atoms with Gasteiger partial charge >= 0.3 is 6.18 Å². The molecule has 18 heteroatoms. The van der Waals surface area contributed by atoms with Gasteiger partial charge in [0.2, 0.25) is 17.7 Å². The van der Waals surface area contributed by atoms with E-state index in [1.165, 1.54) is 24.1 Å². The van der Waals surface area contributed by atoms with Gasteiger partial charge in [0.15, 0.2) is 6.29 Å². The summed E-state index contributed by atoms with van der Waals surface area (Å²) < 4.78 is 40.5. The molecule has 0 saturated carbocycles. The highest BCUT2D eigenvalue weighted by Crippen LogP contribution is 2.36. The molecule has 0 radical (unpaired) electrons. The van der Waals surface area contributed by atoms with E-state index in [4.69, 9.17) is 5.26 Å². The number of imide groups is 1. The van der Waals surface area contributed by atoms with E-state index in [1.807, 2.05) is 17.0 Å². The van der Waals surface area contributed by atoms with Crippen molar-refractivity contribution < 1.29 is 37.1 Å². The maximum atomic E-state index is 13.5. The average molecular weight is 883 g/mol. The fourth-order valence-electron chi connectivity index (χ4n) is 9.75. The molecule has 2 N–H and O–H groups in total. The van der Waals surface area contributed by atoms with Crippen LogP contribution in [-0.2, 0) is 20.6 Å². The lowest BCUT2D eigenvalue weighted by Crippen LogP contribution is -2.59. The number of nitriles is 1. The monoisotopic (exact) mass is 882 g/mol. The molecular formula is C46H53F3N10O5. The first-order valence-electron chi connectivity index (χ1n) is 22.0. The molecule has 0 spiro atoms. The first-order chi connectivity index (χ1) is 30.7. The summed E-state index contributed by atoms with van der Waals surface area (Å²) in [4.78, 5) is 79.7. The van der Waals surface area contributed by atoms with Crippen molar-refractivity contribution in [3.05, 3.63) is 77.0 Å². The number of likely N-dealkylation sites (N-methyl/N-ethyl adjacent to an activating group) is 1. The number of amides is 4. The molecule has 5 saturated heterocycles. The van der Waals surface area contributed by atoms with Crippen molar-refractivity contribution in [2.75, 3.05) is 99.1 Å². The number of hydrogen-bond acceptors (Lipinski definition) is 12. The van der Waals surface area contributed by atoms with Crippen LogP contribution in [-0.4, -0.2) is 141 Å². The van der Waals surface area contributed by atoms with Crippen molar-refractivity contribution in [2.45, 2.75) is 50.9 Å². The molecule has 5 aliphatic heterocycles. The van der Waals surface area contributed by atoms with Gasteiger partial charge in [-0.15, -0.1) is 0 Å². The first kappa shape index (κ1) is 44.5. The van der Waals surface area contributed by atoms with Gasteiger partial charge < -0.3 is 29.8 Å². The van der Waals surface area contributed by atoms with Crippen LogP contribution in [0.5, 0.6) is 0 Å². The topological polar surface area (TPSA) is 166 Å². The van der Waals surface area contributed by atoms with Crippen LogP contribution in [0.2, 0.25) is 0 Å². The van der Waals surface area contributed by atoms with Crippen LogP contribution in [0.3, 0.4) is 0 Å². The van der Waals surface area contributed by atoms with Gasteiger partial charge in [0.1, 0.15) is 11.9 Å². The number of nitrogens with one attached hydrogen (secondary N) is 2. The molecule has 0 aliphatic carbocycles. The maximum Gasteiger partial charge on any atom is 0.417 e. The standard InChI is InChI=1S/C46H53F3N10O5/c1-29-21-55(22-30-24-58(25-30)35-6-4-34(28-60)38(17-35)45(64)54(2)40-8-10-42(61)53-44(40)63)15-16-57(29)23-31-26-59(27-31)37-7-9-41(51-20-37)52-43(62)32-11-13-56(14-12-32)36-5-3-33(19-50)39(18-36)46(47,48)49/h3-7,9,17-18,20,28-32,40H,8,10-16,21-27H2,1-2H3,(H,51,52,62)(H,53,61,63). The zero-order valence-electron chi connectivity index (χ0n) is 36.0. The Kier molecular flexibility index (Phi) is 12.9. The predicted molar refractivity (Wildman–Crippen MR) is 233 cm³/mol. The number of piperidine rings is 2. The SMILES string of the molecule is CC1CN(CC2CN(c3ccc(C=O)c(C(=O)N(C)C4CCC(=O)NC4=O)c3)C2)CCN1CC1CN(c2ccc(NC(=O)C3CCN(c4ccc(C#N)c(C(F)(F)F)c4)CC3)nc2)C1. The molecule has 3 aromatic rings. The van der Waals surface area contributed by atoms with Gasteiger partial charge in [0.05, 0.1) is 34.6 Å². The Hall–Kier alpha value is -6.06. The number of hydrogen-bond donors (Lipinski definition) is 2. The van der Waals surface area contributed by atoms with Crippen molar-refractivity contribution in [3.63, 3.8) is 0 Å². The smallest absolute Gasteiger partial charge is 0.371 e. The van der Waals surface area contributed by atoms with Crippen LogP contribution in [0.1, 0.15) is 64.4 Å². The Bertz CT molecular complexity index is 2300. The van der Waals surface area contributed by atoms with Gasteiger partial charge in [-0.05, 0) is 74.7 Å². The minimum atomic E-state index is -4.63. The highest BCUT2D eigenvalue weighted by atomic mass is 19.4. The van der Waals surface area contributed by atoms with E-state index in [-0.39, 0.29) is 41.7 Å². The number of aldehydes is 1. The van der Waals surface area contributed by atoms with Crippen molar-refractivity contribution in [3.8, 4) is 6.07 Å². The summed E-state index contributed by atoms with van der Waals surface area (Å²) in [5, 5.41) is 14.3. The summed E-state index contributed by atoms with van der Waals surface area (Å²) in [5.41, 5.74) is 1.38. The van der Waals surface area contributed by atoms with Gasteiger partial charge in [0, 0.05) is 126 Å². The number of piperazine rings is 1. The van der Waals surface area contributed by atoms with Gasteiger partial charge in [-0.25, -0.2) is 4.98 Å². The van der Waals surface area contributed by atoms with Crippen LogP contribution in [0, 0.1) is 29.1 Å². The lowest BCUT2D eigenvalue weighted by Gasteiger charge is -2.48. The molecular weight excluding hydrogens is 830 g/mol. The van der Waals surface area contributed by atoms with Crippen LogP contribution in [0.15, 0.2) is 54.7 Å². The Labute approximate surface area is 370 Å². The first-order valence-corrected chi connectivity index (χ1v) is 22.0. The number of carbonyl (C=O) groups is 5. The summed E-state index contributed by atoms with van der Waals surface area (Å²) >= 11 is 0. The predicted octanol–water partition coefficient (Wildman–Crippen LogP) is 4.10. The number of alkyl halides is 3. The Morgan fingerprint density at radius 1 is 0.891 bits per heavy atom. The molecule has 15 nitrogen and oxygen atoms in total. The number of nitrogens with zero attached hydrogens (tertiary/aromatic N) is 8. The van der Waals surface area contributed by atoms with E-state index < -0.39 is 35.2 Å². The van der Waals surface area contributed by atoms with Gasteiger partial charge in [-0.3, -0.25) is 34.2 Å². The molecule has 8 rings (SSSR count). The summed E-state index contributed by atoms with van der Waals surface area (Å²) in [6.45, 7) is 11.6. The molecule has 64 heavy (non-hydrogen) atoms. The lowest BCUT2D eigenvalue weighted by atomic mass is 9.95. The van der Waals surface area contributed by atoms with E-state index in [0.29, 0.717) is 61.6 Å². The highest BCUT2D eigenvalue weighted by molar-refractivity contribution is 6.06. The molecule has 2 unspecified atom stereocenters. The fourth-order valence-corrected chi connectivity index (χ4v) is 9.75. The Balaban J connectivity index is 0.735. The number of aromatic nitrogens is 1. The van der Waals surface area contributed by atoms with E-state index >= 15 is 0 Å². The minimum absolute atomic E-state index is 0.153. The lowest BCUT2D eigenvalue weighted by molar-refractivity contribution is -0.138. The van der Waals surface area contributed by atoms with E-state index in [1.54, 1.807) is 30.5 Å². The average Bonchev–Trinajstić information content (AvgIpc) is 3.25. The number of rotatable bonds is 12. The van der Waals surface area contributed by atoms with Crippen molar-refractivity contribution in [1.82, 2.24) is 25.0 Å². The van der Waals surface area contributed by atoms with Crippen molar-refractivity contribution >= 4 is 52.8 Å². The second-order valence-electron chi connectivity index (χ2n) is 17.9. The zero-order chi connectivity index (χ0) is 45.3. The van der Waals surface area contributed by atoms with Gasteiger partial charge in [0.25, 0.3) is 5.91 Å². The molecule has 5 aliphatic rings. The highest BCUT2D eigenvalue weighted by Gasteiger charge is 2.38. The Morgan fingerprint density at radius 3 is 2.20 bits per heavy atom. The third-order valence-electron chi connectivity index (χ3n) is 13.6. The molecule has 2 atom stereocenters.